The van der Waals surface area contributed by atoms with E-state index in [-0.39, 0.29) is 21.2 Å². The van der Waals surface area contributed by atoms with Crippen LogP contribution in [0.1, 0.15) is 6.04 Å². The Kier molecular flexibility index (Phi) is 6.93. The molecule has 0 amide bonds. The lowest BCUT2D eigenvalue weighted by atomic mass is 9.97. The Morgan fingerprint density at radius 1 is 1.03 bits per heavy atom. The maximum Gasteiger partial charge on any atom is 0.194 e. The molecule has 0 aliphatic carbocycles. The number of hydrogen-bond donors (Lipinski definition) is 3. The molecule has 2 unspecified atom stereocenters. The van der Waals surface area contributed by atoms with E-state index >= 15 is 0 Å². The van der Waals surface area contributed by atoms with Crippen LogP contribution in [0.15, 0.2) is 41.4 Å². The average Bonchev–Trinajstić information content (AvgIpc) is 3.26. The summed E-state index contributed by atoms with van der Waals surface area (Å²) in [5, 5.41) is 39.0. The first-order chi connectivity index (χ1) is 15.7. The third-order valence-corrected chi connectivity index (χ3v) is 6.50. The first-order valence-corrected chi connectivity index (χ1v) is 10.8. The van der Waals surface area contributed by atoms with Crippen molar-refractivity contribution in [2.45, 2.75) is 34.7 Å². The Bertz CT molecular complexity index is 1150. The number of benzene rings is 2. The van der Waals surface area contributed by atoms with Crippen molar-refractivity contribution in [2.24, 2.45) is 0 Å². The van der Waals surface area contributed by atoms with Gasteiger partial charge in [-0.3, -0.25) is 0 Å². The van der Waals surface area contributed by atoms with Crippen LogP contribution < -0.4 is 0 Å². The first kappa shape index (κ1) is 23.9. The number of aliphatic hydroxyl groups excluding tert-OH is 3. The minimum Gasteiger partial charge on any atom is -0.394 e. The highest BCUT2D eigenvalue weighted by Gasteiger charge is 2.46. The minimum absolute atomic E-state index is 0.0647. The number of thioether (sulfide) groups is 1. The monoisotopic (exact) mass is 505 g/mol. The van der Waals surface area contributed by atoms with Gasteiger partial charge in [-0.2, -0.15) is 0 Å². The molecule has 3 aromatic rings. The van der Waals surface area contributed by atoms with Crippen LogP contribution in [-0.4, -0.2) is 60.7 Å². The molecule has 1 aromatic heterocycles. The highest BCUT2D eigenvalue weighted by molar-refractivity contribution is 7.99. The number of halogens is 5. The summed E-state index contributed by atoms with van der Waals surface area (Å²) < 4.78 is 61.2. The molecule has 2 aromatic carbocycles. The van der Waals surface area contributed by atoms with Crippen LogP contribution in [0.2, 0.25) is 5.02 Å². The van der Waals surface area contributed by atoms with Gasteiger partial charge in [0, 0.05) is 15.5 Å². The van der Waals surface area contributed by atoms with E-state index in [1.165, 1.54) is 18.3 Å². The Morgan fingerprint density at radius 2 is 1.73 bits per heavy atom. The number of hydrogen-bond acceptors (Lipinski definition) is 7. The quantitative estimate of drug-likeness (QED) is 0.362. The van der Waals surface area contributed by atoms with Crippen molar-refractivity contribution in [2.75, 3.05) is 6.61 Å². The largest absolute Gasteiger partial charge is 0.394 e. The van der Waals surface area contributed by atoms with Crippen LogP contribution in [0.25, 0.3) is 11.3 Å². The number of ether oxygens (including phenoxy) is 1. The summed E-state index contributed by atoms with van der Waals surface area (Å²) in [5.41, 5.74) is -1.35. The lowest BCUT2D eigenvalue weighted by molar-refractivity contribution is -0.178. The zero-order chi connectivity index (χ0) is 23.9. The normalized spacial score (nSPS) is 25.4. The molecule has 4 rings (SSSR count). The summed E-state index contributed by atoms with van der Waals surface area (Å²) in [6.45, 7) is -0.630. The summed E-state index contributed by atoms with van der Waals surface area (Å²) >= 11 is 6.69. The lowest BCUT2D eigenvalue weighted by Crippen LogP contribution is -2.55. The fourth-order valence-corrected chi connectivity index (χ4v) is 4.79. The molecule has 176 valence electrons. The topological polar surface area (TPSA) is 101 Å². The summed E-state index contributed by atoms with van der Waals surface area (Å²) in [6, 6.07) is 4.03. The molecule has 33 heavy (non-hydrogen) atoms. The van der Waals surface area contributed by atoms with Crippen molar-refractivity contribution >= 4 is 23.4 Å². The third kappa shape index (κ3) is 4.72. The van der Waals surface area contributed by atoms with Gasteiger partial charge in [0.15, 0.2) is 17.5 Å². The number of aromatic nitrogens is 3. The van der Waals surface area contributed by atoms with Crippen LogP contribution in [0.4, 0.5) is 17.6 Å². The van der Waals surface area contributed by atoms with Crippen LogP contribution in [0.3, 0.4) is 0 Å². The summed E-state index contributed by atoms with van der Waals surface area (Å²) in [7, 11) is 0. The minimum atomic E-state index is -1.64. The molecule has 7 nitrogen and oxygen atoms in total. The van der Waals surface area contributed by atoms with Gasteiger partial charge in [0.1, 0.15) is 41.3 Å². The van der Waals surface area contributed by atoms with Crippen molar-refractivity contribution in [3.8, 4) is 11.3 Å². The van der Waals surface area contributed by atoms with Crippen LogP contribution in [0, 0.1) is 23.3 Å². The summed E-state index contributed by atoms with van der Waals surface area (Å²) in [4.78, 5) is 0.0647. The Hall–Kier alpha value is -2.22. The molecule has 13 heteroatoms. The van der Waals surface area contributed by atoms with Crippen molar-refractivity contribution in [1.29, 1.82) is 0 Å². The molecule has 3 N–H and O–H groups in total. The first-order valence-electron chi connectivity index (χ1n) is 9.50. The molecule has 0 radical (unpaired) electrons. The fraction of sp³-hybridized carbons (Fsp3) is 0.300. The zero-order valence-electron chi connectivity index (χ0n) is 16.4. The van der Waals surface area contributed by atoms with Crippen molar-refractivity contribution in [3.63, 3.8) is 0 Å². The van der Waals surface area contributed by atoms with Gasteiger partial charge < -0.3 is 20.1 Å². The van der Waals surface area contributed by atoms with Crippen molar-refractivity contribution in [3.05, 3.63) is 64.8 Å². The second-order valence-corrected chi connectivity index (χ2v) is 8.80. The van der Waals surface area contributed by atoms with E-state index in [4.69, 9.17) is 16.3 Å². The van der Waals surface area contributed by atoms with E-state index < -0.39 is 59.7 Å². The lowest BCUT2D eigenvalue weighted by Gasteiger charge is -2.41. The molecule has 0 spiro atoms. The van der Waals surface area contributed by atoms with Crippen LogP contribution in [-0.2, 0) is 4.74 Å². The second-order valence-electron chi connectivity index (χ2n) is 7.23. The van der Waals surface area contributed by atoms with Gasteiger partial charge in [0.05, 0.1) is 12.8 Å². The smallest absolute Gasteiger partial charge is 0.194 e. The molecule has 0 saturated carbocycles. The van der Waals surface area contributed by atoms with E-state index in [9.17, 15) is 32.9 Å². The maximum absolute atomic E-state index is 14.2. The Balaban J connectivity index is 1.65. The maximum atomic E-state index is 14.2. The second kappa shape index (κ2) is 9.57. The van der Waals surface area contributed by atoms with Crippen molar-refractivity contribution < 1.29 is 37.6 Å². The third-order valence-electron chi connectivity index (χ3n) is 5.08. The molecular formula is C20H16ClF4N3O4S. The average molecular weight is 506 g/mol. The Labute approximate surface area is 193 Å². The molecule has 1 aliphatic heterocycles. The van der Waals surface area contributed by atoms with E-state index in [2.05, 4.69) is 10.3 Å². The molecule has 1 aliphatic rings. The van der Waals surface area contributed by atoms with Gasteiger partial charge in [-0.25, -0.2) is 22.2 Å². The number of rotatable bonds is 5. The van der Waals surface area contributed by atoms with E-state index in [0.29, 0.717) is 0 Å². The van der Waals surface area contributed by atoms with Gasteiger partial charge in [0.2, 0.25) is 0 Å². The SMILES string of the molecule is OCC1O[C@H](Sc2cc(Cl)ccc2F)[C@@H](O)C(n2cc(-c3cc(F)c(F)c(F)c3)nn2)[C@H]1O. The van der Waals surface area contributed by atoms with E-state index in [1.54, 1.807) is 0 Å². The van der Waals surface area contributed by atoms with Gasteiger partial charge in [-0.1, -0.05) is 28.6 Å². The Morgan fingerprint density at radius 3 is 2.39 bits per heavy atom. The predicted octanol–water partition coefficient (Wildman–Crippen LogP) is 2.93. The van der Waals surface area contributed by atoms with Gasteiger partial charge in [-0.05, 0) is 30.3 Å². The molecule has 2 heterocycles. The molecular weight excluding hydrogens is 490 g/mol. The van der Waals surface area contributed by atoms with Crippen molar-refractivity contribution in [1.82, 2.24) is 15.0 Å². The van der Waals surface area contributed by atoms with Gasteiger partial charge in [0.25, 0.3) is 0 Å². The summed E-state index contributed by atoms with van der Waals surface area (Å²) in [6.07, 6.45) is -2.94. The van der Waals surface area contributed by atoms with E-state index in [1.807, 2.05) is 0 Å². The molecule has 0 bridgehead atoms. The molecule has 5 atom stereocenters. The van der Waals surface area contributed by atoms with E-state index in [0.717, 1.165) is 34.6 Å². The standard InChI is InChI=1S/C20H16ClF4N3O4S/c21-9-1-2-10(22)15(5-9)33-20-19(31)17(18(30)14(7-29)32-20)28-6-13(26-27-28)8-3-11(23)16(25)12(24)4-8/h1-6,14,17-20,29-31H,7H2/t14?,17?,18-,19-,20+/m0/s1. The molecule has 1 saturated heterocycles. The van der Waals surface area contributed by atoms with Crippen LogP contribution in [0.5, 0.6) is 0 Å². The molecule has 1 fully saturated rings. The number of aliphatic hydroxyl groups is 3. The highest BCUT2D eigenvalue weighted by Crippen LogP contribution is 2.39. The number of nitrogens with zero attached hydrogens (tertiary/aromatic N) is 3. The van der Waals surface area contributed by atoms with Gasteiger partial charge >= 0.3 is 0 Å². The highest BCUT2D eigenvalue weighted by atomic mass is 35.5. The van der Waals surface area contributed by atoms with Crippen LogP contribution >= 0.6 is 23.4 Å². The zero-order valence-corrected chi connectivity index (χ0v) is 18.0. The summed E-state index contributed by atoms with van der Waals surface area (Å²) in [5.74, 6) is -5.11. The fourth-order valence-electron chi connectivity index (χ4n) is 3.43. The van der Waals surface area contributed by atoms with Gasteiger partial charge in [-0.15, -0.1) is 5.10 Å². The predicted molar refractivity (Wildman–Crippen MR) is 109 cm³/mol.